The van der Waals surface area contributed by atoms with E-state index < -0.39 is 0 Å². The Kier molecular flexibility index (Phi) is 5.28. The Labute approximate surface area is 160 Å². The molecule has 1 heterocycles. The van der Waals surface area contributed by atoms with Crippen LogP contribution in [0.4, 0.5) is 0 Å². The Morgan fingerprint density at radius 3 is 2.23 bits per heavy atom. The Morgan fingerprint density at radius 2 is 1.69 bits per heavy atom. The molecule has 1 fully saturated rings. The van der Waals surface area contributed by atoms with Gasteiger partial charge in [0.1, 0.15) is 7.05 Å². The molecule has 0 bridgehead atoms. The van der Waals surface area contributed by atoms with Crippen LogP contribution in [-0.4, -0.2) is 0 Å². The number of aromatic nitrogens is 1. The van der Waals surface area contributed by atoms with Crippen molar-refractivity contribution in [3.05, 3.63) is 52.7 Å². The lowest BCUT2D eigenvalue weighted by atomic mass is 9.84. The summed E-state index contributed by atoms with van der Waals surface area (Å²) in [6.45, 7) is 13.8. The van der Waals surface area contributed by atoms with Crippen LogP contribution in [0.15, 0.2) is 30.5 Å². The van der Waals surface area contributed by atoms with E-state index in [0.29, 0.717) is 5.92 Å². The van der Waals surface area contributed by atoms with Crippen molar-refractivity contribution >= 4 is 0 Å². The lowest BCUT2D eigenvalue weighted by Gasteiger charge is -2.21. The Morgan fingerprint density at radius 1 is 1.04 bits per heavy atom. The zero-order chi connectivity index (χ0) is 19.1. The molecular formula is C25H36N+. The molecule has 0 spiro atoms. The van der Waals surface area contributed by atoms with Gasteiger partial charge in [-0.15, -0.1) is 0 Å². The van der Waals surface area contributed by atoms with Gasteiger partial charge in [0.25, 0.3) is 0 Å². The van der Waals surface area contributed by atoms with Crippen LogP contribution in [0.3, 0.4) is 0 Å². The maximum atomic E-state index is 2.47. The van der Waals surface area contributed by atoms with Crippen molar-refractivity contribution in [2.75, 3.05) is 0 Å². The first kappa shape index (κ1) is 19.1. The molecule has 1 aromatic carbocycles. The molecule has 3 rings (SSSR count). The maximum Gasteiger partial charge on any atom is 0.212 e. The number of rotatable bonds is 3. The average molecular weight is 351 g/mol. The molecular weight excluding hydrogens is 314 g/mol. The van der Waals surface area contributed by atoms with E-state index in [0.717, 1.165) is 5.92 Å². The van der Waals surface area contributed by atoms with Crippen molar-refractivity contribution in [1.82, 2.24) is 0 Å². The monoisotopic (exact) mass is 350 g/mol. The third-order valence-electron chi connectivity index (χ3n) is 6.12. The molecule has 0 amide bonds. The minimum atomic E-state index is 0.195. The van der Waals surface area contributed by atoms with Gasteiger partial charge in [0.15, 0.2) is 6.20 Å². The fraction of sp³-hybridized carbons (Fsp3) is 0.560. The number of pyridine rings is 1. The second-order valence-corrected chi connectivity index (χ2v) is 9.60. The van der Waals surface area contributed by atoms with Crippen molar-refractivity contribution in [2.45, 2.75) is 84.5 Å². The normalized spacial score (nSPS) is 15.8. The summed E-state index contributed by atoms with van der Waals surface area (Å²) in [6.07, 6.45) is 7.93. The van der Waals surface area contributed by atoms with Crippen LogP contribution in [0.5, 0.6) is 0 Å². The van der Waals surface area contributed by atoms with E-state index in [9.17, 15) is 0 Å². The highest BCUT2D eigenvalue weighted by Gasteiger charge is 2.26. The molecule has 0 saturated heterocycles. The number of hydrogen-bond acceptors (Lipinski definition) is 0. The Balaban J connectivity index is 2.09. The summed E-state index contributed by atoms with van der Waals surface area (Å²) in [7, 11) is 2.22. The smallest absolute Gasteiger partial charge is 0.201 e. The SMILES string of the molecule is Cc1cc(C(C)(C)C)ccc1-c1cc(C(C)C)c(C2CCCC2)c[n+]1C. The van der Waals surface area contributed by atoms with E-state index in [-0.39, 0.29) is 5.41 Å². The van der Waals surface area contributed by atoms with Gasteiger partial charge in [-0.1, -0.05) is 59.6 Å². The Hall–Kier alpha value is -1.63. The molecule has 0 unspecified atom stereocenters. The molecule has 1 aromatic heterocycles. The van der Waals surface area contributed by atoms with Crippen molar-refractivity contribution in [2.24, 2.45) is 7.05 Å². The van der Waals surface area contributed by atoms with Crippen molar-refractivity contribution in [3.8, 4) is 11.3 Å². The number of aryl methyl sites for hydroxylation is 2. The van der Waals surface area contributed by atoms with E-state index in [4.69, 9.17) is 0 Å². The average Bonchev–Trinajstić information content (AvgIpc) is 3.08. The summed E-state index contributed by atoms with van der Waals surface area (Å²) in [5, 5.41) is 0. The first-order chi connectivity index (χ1) is 12.2. The first-order valence-corrected chi connectivity index (χ1v) is 10.3. The summed E-state index contributed by atoms with van der Waals surface area (Å²) >= 11 is 0. The second kappa shape index (κ2) is 7.18. The van der Waals surface area contributed by atoms with E-state index in [2.05, 4.69) is 83.6 Å². The summed E-state index contributed by atoms with van der Waals surface area (Å²) in [5.74, 6) is 1.33. The number of benzene rings is 1. The third kappa shape index (κ3) is 3.72. The quantitative estimate of drug-likeness (QED) is 0.551. The summed E-state index contributed by atoms with van der Waals surface area (Å²) in [4.78, 5) is 0. The lowest BCUT2D eigenvalue weighted by molar-refractivity contribution is -0.661. The molecule has 140 valence electrons. The van der Waals surface area contributed by atoms with Crippen LogP contribution in [0.25, 0.3) is 11.3 Å². The largest absolute Gasteiger partial charge is 0.212 e. The van der Waals surface area contributed by atoms with Gasteiger partial charge in [-0.3, -0.25) is 0 Å². The van der Waals surface area contributed by atoms with Gasteiger partial charge in [-0.25, -0.2) is 4.57 Å². The van der Waals surface area contributed by atoms with E-state index in [1.54, 1.807) is 11.1 Å². The molecule has 1 aliphatic carbocycles. The highest BCUT2D eigenvalue weighted by atomic mass is 14.9. The second-order valence-electron chi connectivity index (χ2n) is 9.60. The minimum Gasteiger partial charge on any atom is -0.201 e. The van der Waals surface area contributed by atoms with Crippen LogP contribution in [0, 0.1) is 6.92 Å². The van der Waals surface area contributed by atoms with Gasteiger partial charge in [-0.2, -0.15) is 0 Å². The standard InChI is InChI=1S/C25H36N/c1-17(2)22-15-24(26(7)16-23(22)19-10-8-9-11-19)21-13-12-20(14-18(21)3)25(4,5)6/h12-17,19H,8-11H2,1-7H3/q+1. The predicted molar refractivity (Wildman–Crippen MR) is 112 cm³/mol. The predicted octanol–water partition coefficient (Wildman–Crippen LogP) is 6.57. The zero-order valence-electron chi connectivity index (χ0n) is 17.8. The molecule has 26 heavy (non-hydrogen) atoms. The molecule has 1 saturated carbocycles. The van der Waals surface area contributed by atoms with E-state index in [1.807, 2.05) is 0 Å². The van der Waals surface area contributed by atoms with Crippen molar-refractivity contribution < 1.29 is 4.57 Å². The third-order valence-corrected chi connectivity index (χ3v) is 6.12. The topological polar surface area (TPSA) is 3.88 Å². The van der Waals surface area contributed by atoms with Crippen LogP contribution in [0.1, 0.15) is 94.4 Å². The maximum absolute atomic E-state index is 2.47. The minimum absolute atomic E-state index is 0.195. The van der Waals surface area contributed by atoms with Crippen molar-refractivity contribution in [3.63, 3.8) is 0 Å². The van der Waals surface area contributed by atoms with Crippen molar-refractivity contribution in [1.29, 1.82) is 0 Å². The van der Waals surface area contributed by atoms with Gasteiger partial charge >= 0.3 is 0 Å². The number of nitrogens with zero attached hydrogens (tertiary/aromatic N) is 1. The molecule has 0 radical (unpaired) electrons. The lowest BCUT2D eigenvalue weighted by Crippen LogP contribution is -2.33. The van der Waals surface area contributed by atoms with E-state index >= 15 is 0 Å². The molecule has 1 heteroatoms. The van der Waals surface area contributed by atoms with Gasteiger partial charge in [0.2, 0.25) is 5.69 Å². The van der Waals surface area contributed by atoms with Gasteiger partial charge in [0.05, 0.1) is 0 Å². The molecule has 1 nitrogen and oxygen atoms in total. The fourth-order valence-corrected chi connectivity index (χ4v) is 4.45. The van der Waals surface area contributed by atoms with Crippen LogP contribution < -0.4 is 4.57 Å². The zero-order valence-corrected chi connectivity index (χ0v) is 17.8. The first-order valence-electron chi connectivity index (χ1n) is 10.3. The molecule has 0 aliphatic heterocycles. The number of hydrogen-bond donors (Lipinski definition) is 0. The molecule has 2 aromatic rings. The van der Waals surface area contributed by atoms with Crippen LogP contribution in [-0.2, 0) is 12.5 Å². The molecule has 1 aliphatic rings. The highest BCUT2D eigenvalue weighted by molar-refractivity contribution is 5.63. The van der Waals surface area contributed by atoms with Gasteiger partial charge in [0, 0.05) is 17.2 Å². The molecule has 0 N–H and O–H groups in total. The summed E-state index contributed by atoms with van der Waals surface area (Å²) in [5.41, 5.74) is 8.82. The van der Waals surface area contributed by atoms with E-state index in [1.165, 1.54) is 48.1 Å². The van der Waals surface area contributed by atoms with Crippen LogP contribution >= 0.6 is 0 Å². The van der Waals surface area contributed by atoms with Crippen LogP contribution in [0.2, 0.25) is 0 Å². The van der Waals surface area contributed by atoms with Gasteiger partial charge in [-0.05, 0) is 59.8 Å². The molecule has 0 atom stereocenters. The highest BCUT2D eigenvalue weighted by Crippen LogP contribution is 2.38. The summed E-state index contributed by atoms with van der Waals surface area (Å²) in [6, 6.07) is 9.47. The summed E-state index contributed by atoms with van der Waals surface area (Å²) < 4.78 is 2.36. The fourth-order valence-electron chi connectivity index (χ4n) is 4.45. The van der Waals surface area contributed by atoms with Gasteiger partial charge < -0.3 is 0 Å². The Bertz CT molecular complexity index is 787.